The number of hydrogen-bond acceptors (Lipinski definition) is 5. The van der Waals surface area contributed by atoms with Crippen LogP contribution in [0.3, 0.4) is 0 Å². The largest absolute Gasteiger partial charge is 0.481 e. The molecule has 1 amide bonds. The van der Waals surface area contributed by atoms with Crippen LogP contribution in [0, 0.1) is 0 Å². The molecule has 0 spiro atoms. The third kappa shape index (κ3) is 5.46. The van der Waals surface area contributed by atoms with E-state index < -0.39 is 11.9 Å². The standard InChI is InChI=1S/C17H15BrN4O.C4H6O4/c1-11-14-5-3-2-4-12(14)6-7-21(11)17(23)15-8-16-19-9-13(18)10-22(16)20-15;5-3(6)1-2-4(7)8/h2-5,8-11H,6-7H2,1H3;1-2H2,(H,5,6)(H,7,8)/t11-;/m1./s1. The van der Waals surface area contributed by atoms with Crippen LogP contribution >= 0.6 is 15.9 Å². The van der Waals surface area contributed by atoms with E-state index in [1.165, 1.54) is 11.1 Å². The van der Waals surface area contributed by atoms with Gasteiger partial charge < -0.3 is 15.1 Å². The smallest absolute Gasteiger partial charge is 0.303 e. The number of carboxylic acid groups (broad SMARTS) is 2. The number of aliphatic carboxylic acids is 2. The number of carbonyl (C=O) groups is 3. The number of rotatable bonds is 4. The highest BCUT2D eigenvalue weighted by Gasteiger charge is 2.29. The summed E-state index contributed by atoms with van der Waals surface area (Å²) in [5.41, 5.74) is 3.64. The lowest BCUT2D eigenvalue weighted by atomic mass is 9.93. The monoisotopic (exact) mass is 488 g/mol. The van der Waals surface area contributed by atoms with Gasteiger partial charge in [0.15, 0.2) is 11.3 Å². The average Bonchev–Trinajstić information content (AvgIpc) is 3.16. The van der Waals surface area contributed by atoms with Crippen LogP contribution in [0.15, 0.2) is 47.2 Å². The first-order valence-corrected chi connectivity index (χ1v) is 10.4. The number of aromatic nitrogens is 3. The van der Waals surface area contributed by atoms with E-state index in [-0.39, 0.29) is 24.8 Å². The van der Waals surface area contributed by atoms with Crippen LogP contribution in [0.2, 0.25) is 0 Å². The minimum absolute atomic E-state index is 0.0476. The third-order valence-electron chi connectivity index (χ3n) is 4.91. The second-order valence-corrected chi connectivity index (χ2v) is 7.93. The van der Waals surface area contributed by atoms with Gasteiger partial charge in [0.1, 0.15) is 0 Å². The van der Waals surface area contributed by atoms with Crippen molar-refractivity contribution >= 4 is 39.4 Å². The molecular weight excluding hydrogens is 468 g/mol. The van der Waals surface area contributed by atoms with Gasteiger partial charge in [0.2, 0.25) is 0 Å². The molecule has 1 aliphatic heterocycles. The molecule has 3 heterocycles. The molecule has 0 saturated heterocycles. The molecule has 0 unspecified atom stereocenters. The summed E-state index contributed by atoms with van der Waals surface area (Å²) < 4.78 is 2.45. The molecule has 31 heavy (non-hydrogen) atoms. The highest BCUT2D eigenvalue weighted by atomic mass is 79.9. The molecule has 1 atom stereocenters. The number of hydrogen-bond donors (Lipinski definition) is 2. The zero-order chi connectivity index (χ0) is 22.5. The predicted octanol–water partition coefficient (Wildman–Crippen LogP) is 3.19. The number of nitrogens with zero attached hydrogens (tertiary/aromatic N) is 4. The minimum Gasteiger partial charge on any atom is -0.481 e. The fourth-order valence-electron chi connectivity index (χ4n) is 3.37. The van der Waals surface area contributed by atoms with E-state index in [1.807, 2.05) is 11.0 Å². The Morgan fingerprint density at radius 1 is 1.16 bits per heavy atom. The fourth-order valence-corrected chi connectivity index (χ4v) is 3.67. The minimum atomic E-state index is -1.08. The molecule has 0 radical (unpaired) electrons. The zero-order valence-corrected chi connectivity index (χ0v) is 18.3. The molecule has 1 aromatic carbocycles. The first-order valence-electron chi connectivity index (χ1n) is 9.59. The number of carboxylic acids is 2. The Kier molecular flexibility index (Phi) is 7.01. The first kappa shape index (κ1) is 22.4. The number of amides is 1. The van der Waals surface area contributed by atoms with Gasteiger partial charge in [-0.2, -0.15) is 5.10 Å². The van der Waals surface area contributed by atoms with Crippen molar-refractivity contribution in [3.63, 3.8) is 0 Å². The molecule has 0 aliphatic carbocycles. The Hall–Kier alpha value is -3.27. The lowest BCUT2D eigenvalue weighted by Crippen LogP contribution is -2.39. The van der Waals surface area contributed by atoms with Crippen LogP contribution in [0.25, 0.3) is 5.65 Å². The maximum atomic E-state index is 12.9. The van der Waals surface area contributed by atoms with Gasteiger partial charge in [-0.15, -0.1) is 0 Å². The summed E-state index contributed by atoms with van der Waals surface area (Å²) in [6.45, 7) is 2.78. The average molecular weight is 489 g/mol. The Morgan fingerprint density at radius 2 is 1.84 bits per heavy atom. The Labute approximate surface area is 186 Å². The predicted molar refractivity (Wildman–Crippen MR) is 115 cm³/mol. The third-order valence-corrected chi connectivity index (χ3v) is 5.32. The second-order valence-electron chi connectivity index (χ2n) is 7.02. The summed E-state index contributed by atoms with van der Waals surface area (Å²) in [4.78, 5) is 38.3. The van der Waals surface area contributed by atoms with Gasteiger partial charge in [0.25, 0.3) is 5.91 Å². The van der Waals surface area contributed by atoms with Crippen molar-refractivity contribution in [3.05, 3.63) is 64.0 Å². The number of halogens is 1. The highest BCUT2D eigenvalue weighted by molar-refractivity contribution is 9.10. The molecule has 0 saturated carbocycles. The van der Waals surface area contributed by atoms with E-state index in [0.717, 1.165) is 10.9 Å². The van der Waals surface area contributed by atoms with E-state index >= 15 is 0 Å². The van der Waals surface area contributed by atoms with E-state index in [9.17, 15) is 14.4 Å². The van der Waals surface area contributed by atoms with E-state index in [4.69, 9.17) is 10.2 Å². The molecule has 2 N–H and O–H groups in total. The first-order chi connectivity index (χ1) is 14.8. The van der Waals surface area contributed by atoms with Gasteiger partial charge in [0.05, 0.1) is 23.4 Å². The summed E-state index contributed by atoms with van der Waals surface area (Å²) in [5.74, 6) is -2.20. The molecule has 162 valence electrons. The van der Waals surface area contributed by atoms with Crippen LogP contribution in [0.5, 0.6) is 0 Å². The van der Waals surface area contributed by atoms with Gasteiger partial charge in [-0.1, -0.05) is 24.3 Å². The Bertz CT molecular complexity index is 1120. The summed E-state index contributed by atoms with van der Waals surface area (Å²) in [6, 6.07) is 10.1. The van der Waals surface area contributed by atoms with Gasteiger partial charge in [-0.25, -0.2) is 9.50 Å². The summed E-state index contributed by atoms with van der Waals surface area (Å²) in [5, 5.41) is 20.2. The maximum absolute atomic E-state index is 12.9. The van der Waals surface area contributed by atoms with Crippen molar-refractivity contribution in [2.24, 2.45) is 0 Å². The van der Waals surface area contributed by atoms with Crippen molar-refractivity contribution in [1.29, 1.82) is 0 Å². The summed E-state index contributed by atoms with van der Waals surface area (Å²) in [7, 11) is 0. The van der Waals surface area contributed by atoms with E-state index in [1.54, 1.807) is 23.0 Å². The van der Waals surface area contributed by atoms with Crippen molar-refractivity contribution in [2.45, 2.75) is 32.2 Å². The van der Waals surface area contributed by atoms with Gasteiger partial charge >= 0.3 is 11.9 Å². The Balaban J connectivity index is 0.000000293. The fraction of sp³-hybridized carbons (Fsp3) is 0.286. The van der Waals surface area contributed by atoms with Crippen molar-refractivity contribution in [1.82, 2.24) is 19.5 Å². The molecular formula is C21H21BrN4O5. The van der Waals surface area contributed by atoms with Crippen LogP contribution in [0.1, 0.15) is 47.4 Å². The number of fused-ring (bicyclic) bond motifs is 2. The van der Waals surface area contributed by atoms with Crippen LogP contribution in [-0.2, 0) is 16.0 Å². The normalized spacial score (nSPS) is 15.0. The van der Waals surface area contributed by atoms with E-state index in [0.29, 0.717) is 17.9 Å². The lowest BCUT2D eigenvalue weighted by molar-refractivity contribution is -0.143. The summed E-state index contributed by atoms with van der Waals surface area (Å²) in [6.07, 6.45) is 3.78. The topological polar surface area (TPSA) is 125 Å². The summed E-state index contributed by atoms with van der Waals surface area (Å²) >= 11 is 3.36. The highest BCUT2D eigenvalue weighted by Crippen LogP contribution is 2.30. The maximum Gasteiger partial charge on any atom is 0.303 e. The van der Waals surface area contributed by atoms with Gasteiger partial charge in [-0.05, 0) is 40.4 Å². The van der Waals surface area contributed by atoms with E-state index in [2.05, 4.69) is 51.1 Å². The molecule has 9 nitrogen and oxygen atoms in total. The number of carbonyl (C=O) groups excluding carboxylic acids is 1. The SMILES string of the molecule is C[C@@H]1c2ccccc2CCN1C(=O)c1cc2ncc(Br)cn2n1.O=C(O)CCC(=O)O. The number of benzene rings is 1. The van der Waals surface area contributed by atoms with Gasteiger partial charge in [0, 0.05) is 25.0 Å². The van der Waals surface area contributed by atoms with Crippen LogP contribution in [-0.4, -0.2) is 54.1 Å². The molecule has 0 fully saturated rings. The van der Waals surface area contributed by atoms with Crippen LogP contribution < -0.4 is 0 Å². The molecule has 1 aliphatic rings. The molecule has 10 heteroatoms. The van der Waals surface area contributed by atoms with Crippen LogP contribution in [0.4, 0.5) is 0 Å². The second kappa shape index (κ2) is 9.69. The molecule has 4 rings (SSSR count). The molecule has 3 aromatic rings. The van der Waals surface area contributed by atoms with Gasteiger partial charge in [-0.3, -0.25) is 14.4 Å². The van der Waals surface area contributed by atoms with Crippen molar-refractivity contribution in [2.75, 3.05) is 6.54 Å². The zero-order valence-electron chi connectivity index (χ0n) is 16.7. The Morgan fingerprint density at radius 3 is 2.52 bits per heavy atom. The molecule has 2 aromatic heterocycles. The van der Waals surface area contributed by atoms with Crippen molar-refractivity contribution in [3.8, 4) is 0 Å². The van der Waals surface area contributed by atoms with Crippen molar-refractivity contribution < 1.29 is 24.6 Å². The lowest BCUT2D eigenvalue weighted by Gasteiger charge is -2.34. The molecule has 0 bridgehead atoms. The quantitative estimate of drug-likeness (QED) is 0.577.